The Morgan fingerprint density at radius 3 is 1.92 bits per heavy atom. The zero-order valence-electron chi connectivity index (χ0n) is 14.2. The first-order valence-corrected chi connectivity index (χ1v) is 8.81. The third-order valence-electron chi connectivity index (χ3n) is 3.39. The molecule has 2 atom stereocenters. The molecule has 1 N–H and O–H groups in total. The Morgan fingerprint density at radius 1 is 0.923 bits per heavy atom. The summed E-state index contributed by atoms with van der Waals surface area (Å²) in [6.45, 7) is 0. The van der Waals surface area contributed by atoms with Crippen molar-refractivity contribution in [1.82, 2.24) is 5.32 Å². The number of nitrogens with one attached hydrogen (secondary N) is 1. The lowest BCUT2D eigenvalue weighted by atomic mass is 9.95. The van der Waals surface area contributed by atoms with Crippen LogP contribution in [0.25, 0.3) is 0 Å². The van der Waals surface area contributed by atoms with Gasteiger partial charge < -0.3 is 19.5 Å². The molecule has 0 aromatic heterocycles. The van der Waals surface area contributed by atoms with E-state index in [0.29, 0.717) is 8.95 Å². The van der Waals surface area contributed by atoms with Crippen molar-refractivity contribution in [3.63, 3.8) is 0 Å². The number of amides is 1. The molecule has 1 rings (SSSR count). The molecular weight excluding hydrogens is 478 g/mol. The van der Waals surface area contributed by atoms with Crippen LogP contribution in [0.5, 0.6) is 0 Å². The monoisotopic (exact) mass is 493 g/mol. The van der Waals surface area contributed by atoms with E-state index in [-0.39, 0.29) is 5.56 Å². The van der Waals surface area contributed by atoms with E-state index in [1.54, 1.807) is 6.07 Å². The molecule has 8 nitrogen and oxygen atoms in total. The van der Waals surface area contributed by atoms with Crippen LogP contribution in [0.2, 0.25) is 0 Å². The molecular formula is C16H17Br2NO7. The van der Waals surface area contributed by atoms with Gasteiger partial charge in [-0.3, -0.25) is 14.4 Å². The van der Waals surface area contributed by atoms with E-state index in [2.05, 4.69) is 51.4 Å². The average Bonchev–Trinajstić information content (AvgIpc) is 2.61. The molecule has 0 aliphatic heterocycles. The van der Waals surface area contributed by atoms with Crippen LogP contribution in [-0.4, -0.2) is 51.2 Å². The van der Waals surface area contributed by atoms with Gasteiger partial charge in [0.1, 0.15) is 6.04 Å². The molecule has 1 aromatic carbocycles. The van der Waals surface area contributed by atoms with Crippen LogP contribution < -0.4 is 5.32 Å². The molecule has 10 heteroatoms. The SMILES string of the molecule is COC(=O)C[C@H](C(=O)OC)[C@@H](NC(=O)c1cc(Br)cc(Br)c1)C(=O)OC. The Kier molecular flexibility index (Phi) is 8.73. The predicted molar refractivity (Wildman–Crippen MR) is 97.3 cm³/mol. The number of carbonyl (C=O) groups excluding carboxylic acids is 4. The topological polar surface area (TPSA) is 108 Å². The first kappa shape index (κ1) is 22.1. The van der Waals surface area contributed by atoms with Crippen LogP contribution in [0.4, 0.5) is 0 Å². The van der Waals surface area contributed by atoms with Gasteiger partial charge in [-0.2, -0.15) is 0 Å². The first-order valence-electron chi connectivity index (χ1n) is 7.22. The second kappa shape index (κ2) is 10.3. The summed E-state index contributed by atoms with van der Waals surface area (Å²) in [6, 6.07) is 3.35. The molecule has 0 saturated heterocycles. The Hall–Kier alpha value is -1.94. The maximum Gasteiger partial charge on any atom is 0.329 e. The molecule has 1 amide bonds. The molecule has 0 spiro atoms. The Labute approximate surface area is 166 Å². The zero-order valence-corrected chi connectivity index (χ0v) is 17.4. The lowest BCUT2D eigenvalue weighted by molar-refractivity contribution is -0.158. The van der Waals surface area contributed by atoms with Gasteiger partial charge in [0.05, 0.1) is 33.7 Å². The molecule has 0 heterocycles. The number of carbonyl (C=O) groups is 4. The highest BCUT2D eigenvalue weighted by Crippen LogP contribution is 2.21. The van der Waals surface area contributed by atoms with E-state index >= 15 is 0 Å². The van der Waals surface area contributed by atoms with Crippen molar-refractivity contribution in [3.05, 3.63) is 32.7 Å². The second-order valence-electron chi connectivity index (χ2n) is 5.04. The molecule has 26 heavy (non-hydrogen) atoms. The summed E-state index contributed by atoms with van der Waals surface area (Å²) in [5.41, 5.74) is 0.224. The Balaban J connectivity index is 3.17. The minimum atomic E-state index is -1.43. The van der Waals surface area contributed by atoms with Gasteiger partial charge in [-0.05, 0) is 18.2 Å². The van der Waals surface area contributed by atoms with Crippen molar-refractivity contribution >= 4 is 55.7 Å². The van der Waals surface area contributed by atoms with Crippen LogP contribution >= 0.6 is 31.9 Å². The van der Waals surface area contributed by atoms with E-state index in [1.165, 1.54) is 12.1 Å². The van der Waals surface area contributed by atoms with Gasteiger partial charge in [-0.1, -0.05) is 31.9 Å². The normalized spacial score (nSPS) is 12.5. The van der Waals surface area contributed by atoms with Gasteiger partial charge in [0, 0.05) is 14.5 Å². The standard InChI is InChI=1S/C16H17Br2NO7/c1-24-12(20)7-11(15(22)25-2)13(16(23)26-3)19-14(21)8-4-9(17)6-10(18)5-8/h4-6,11,13H,7H2,1-3H3,(H,19,21)/t11-,13+/m0/s1. The highest BCUT2D eigenvalue weighted by atomic mass is 79.9. The van der Waals surface area contributed by atoms with Crippen molar-refractivity contribution in [2.75, 3.05) is 21.3 Å². The molecule has 0 bridgehead atoms. The Morgan fingerprint density at radius 2 is 1.46 bits per heavy atom. The van der Waals surface area contributed by atoms with Crippen LogP contribution in [0.1, 0.15) is 16.8 Å². The van der Waals surface area contributed by atoms with Crippen LogP contribution in [0.15, 0.2) is 27.1 Å². The molecule has 0 radical (unpaired) electrons. The fourth-order valence-corrected chi connectivity index (χ4v) is 3.41. The molecule has 142 valence electrons. The van der Waals surface area contributed by atoms with Gasteiger partial charge >= 0.3 is 17.9 Å². The maximum absolute atomic E-state index is 12.5. The zero-order chi connectivity index (χ0) is 19.9. The number of esters is 3. The van der Waals surface area contributed by atoms with Crippen LogP contribution in [0, 0.1) is 5.92 Å². The third-order valence-corrected chi connectivity index (χ3v) is 4.30. The number of methoxy groups -OCH3 is 3. The Bertz CT molecular complexity index is 688. The molecule has 0 fully saturated rings. The van der Waals surface area contributed by atoms with E-state index in [1.807, 2.05) is 0 Å². The quantitative estimate of drug-likeness (QED) is 0.455. The highest BCUT2D eigenvalue weighted by Gasteiger charge is 2.38. The van der Waals surface area contributed by atoms with E-state index < -0.39 is 42.2 Å². The predicted octanol–water partition coefficient (Wildman–Crippen LogP) is 1.84. The van der Waals surface area contributed by atoms with E-state index in [0.717, 1.165) is 21.3 Å². The summed E-state index contributed by atoms with van der Waals surface area (Å²) in [6.07, 6.45) is -0.467. The van der Waals surface area contributed by atoms with Crippen molar-refractivity contribution in [1.29, 1.82) is 0 Å². The summed E-state index contributed by atoms with van der Waals surface area (Å²) < 4.78 is 15.1. The summed E-state index contributed by atoms with van der Waals surface area (Å²) in [5.74, 6) is -4.44. The summed E-state index contributed by atoms with van der Waals surface area (Å²) >= 11 is 6.52. The summed E-state index contributed by atoms with van der Waals surface area (Å²) in [4.78, 5) is 48.3. The van der Waals surface area contributed by atoms with Gasteiger partial charge in [0.15, 0.2) is 0 Å². The van der Waals surface area contributed by atoms with Crippen molar-refractivity contribution in [3.8, 4) is 0 Å². The third kappa shape index (κ3) is 6.10. The average molecular weight is 495 g/mol. The number of halogens is 2. The van der Waals surface area contributed by atoms with Gasteiger partial charge in [0.2, 0.25) is 0 Å². The molecule has 0 aliphatic carbocycles. The lowest BCUT2D eigenvalue weighted by Gasteiger charge is -2.23. The molecule has 0 aliphatic rings. The van der Waals surface area contributed by atoms with Crippen molar-refractivity contribution < 1.29 is 33.4 Å². The molecule has 0 unspecified atom stereocenters. The highest BCUT2D eigenvalue weighted by molar-refractivity contribution is 9.11. The number of ether oxygens (including phenoxy) is 3. The fraction of sp³-hybridized carbons (Fsp3) is 0.375. The maximum atomic E-state index is 12.5. The second-order valence-corrected chi connectivity index (χ2v) is 6.87. The van der Waals surface area contributed by atoms with E-state index in [4.69, 9.17) is 0 Å². The van der Waals surface area contributed by atoms with E-state index in [9.17, 15) is 19.2 Å². The summed E-state index contributed by atoms with van der Waals surface area (Å²) in [5, 5.41) is 2.42. The number of hydrogen-bond donors (Lipinski definition) is 1. The van der Waals surface area contributed by atoms with Gasteiger partial charge in [-0.25, -0.2) is 4.79 Å². The van der Waals surface area contributed by atoms with Crippen LogP contribution in [-0.2, 0) is 28.6 Å². The van der Waals surface area contributed by atoms with Crippen molar-refractivity contribution in [2.24, 2.45) is 5.92 Å². The van der Waals surface area contributed by atoms with Gasteiger partial charge in [-0.15, -0.1) is 0 Å². The minimum Gasteiger partial charge on any atom is -0.469 e. The first-order chi connectivity index (χ1) is 12.2. The number of rotatable bonds is 7. The number of hydrogen-bond acceptors (Lipinski definition) is 7. The largest absolute Gasteiger partial charge is 0.469 e. The fourth-order valence-electron chi connectivity index (χ4n) is 2.11. The van der Waals surface area contributed by atoms with Crippen molar-refractivity contribution in [2.45, 2.75) is 12.5 Å². The lowest BCUT2D eigenvalue weighted by Crippen LogP contribution is -2.50. The summed E-state index contributed by atoms with van der Waals surface area (Å²) in [7, 11) is 3.35. The number of benzene rings is 1. The van der Waals surface area contributed by atoms with Crippen LogP contribution in [0.3, 0.4) is 0 Å². The minimum absolute atomic E-state index is 0.224. The molecule has 1 aromatic rings. The van der Waals surface area contributed by atoms with Gasteiger partial charge in [0.25, 0.3) is 5.91 Å². The smallest absolute Gasteiger partial charge is 0.329 e. The molecule has 0 saturated carbocycles.